The quantitative estimate of drug-likeness (QED) is 0.445. The van der Waals surface area contributed by atoms with Crippen LogP contribution in [-0.4, -0.2) is 66.6 Å². The minimum Gasteiger partial charge on any atom is -0.357 e. The second-order valence-corrected chi connectivity index (χ2v) is 12.0. The molecule has 0 aliphatic heterocycles. The summed E-state index contributed by atoms with van der Waals surface area (Å²) in [4.78, 5) is 4.55. The van der Waals surface area contributed by atoms with E-state index in [9.17, 15) is 12.6 Å². The molecule has 0 radical (unpaired) electrons. The lowest BCUT2D eigenvalue weighted by atomic mass is 9.95. The zero-order valence-corrected chi connectivity index (χ0v) is 19.3. The highest BCUT2D eigenvalue weighted by atomic mass is 32.2. The molecule has 1 aromatic heterocycles. The third-order valence-corrected chi connectivity index (χ3v) is 9.78. The van der Waals surface area contributed by atoms with Gasteiger partial charge in [-0.3, -0.25) is 9.20 Å². The fourth-order valence-electron chi connectivity index (χ4n) is 3.25. The number of thiophene rings is 1. The summed E-state index contributed by atoms with van der Waals surface area (Å²) in [6, 6.07) is 3.60. The summed E-state index contributed by atoms with van der Waals surface area (Å²) >= 11 is 1.22. The smallest absolute Gasteiger partial charge is 0.252 e. The molecule has 1 aliphatic carbocycles. The molecule has 0 aromatic carbocycles. The maximum atomic E-state index is 12.5. The first kappa shape index (κ1) is 23.3. The summed E-state index contributed by atoms with van der Waals surface area (Å²) in [5.41, 5.74) is 0. The largest absolute Gasteiger partial charge is 0.357 e. The van der Waals surface area contributed by atoms with Gasteiger partial charge in [-0.25, -0.2) is 8.42 Å². The van der Waals surface area contributed by atoms with Gasteiger partial charge in [-0.05, 0) is 37.6 Å². The van der Waals surface area contributed by atoms with E-state index in [1.54, 1.807) is 24.6 Å². The van der Waals surface area contributed by atoms with Crippen molar-refractivity contribution in [2.45, 2.75) is 55.0 Å². The standard InChI is InChI=1S/C18H32N4O3S3/c1-4-19-18(21-15-8-6-9-16(14-15)27(23)5-2)20-11-12-22(3)28(24,25)17-10-7-13-26-17/h7,10,13,15-16H,4-6,8-9,11-12,14H2,1-3H3,(H2,19,20,21). The first-order valence-electron chi connectivity index (χ1n) is 9.80. The minimum absolute atomic E-state index is 0.250. The van der Waals surface area contributed by atoms with Crippen LogP contribution in [0, 0.1) is 0 Å². The molecular weight excluding hydrogens is 416 g/mol. The van der Waals surface area contributed by atoms with Crippen LogP contribution in [0.5, 0.6) is 0 Å². The number of sulfonamides is 1. The van der Waals surface area contributed by atoms with Gasteiger partial charge in [0.2, 0.25) is 0 Å². The molecule has 3 unspecified atom stereocenters. The van der Waals surface area contributed by atoms with Gasteiger partial charge in [0.05, 0.1) is 6.54 Å². The van der Waals surface area contributed by atoms with Crippen LogP contribution >= 0.6 is 11.3 Å². The fourth-order valence-corrected chi connectivity index (χ4v) is 6.96. The number of hydrogen-bond donors (Lipinski definition) is 2. The number of guanidine groups is 1. The van der Waals surface area contributed by atoms with Crippen molar-refractivity contribution in [3.05, 3.63) is 17.5 Å². The van der Waals surface area contributed by atoms with Crippen molar-refractivity contribution >= 4 is 38.1 Å². The van der Waals surface area contributed by atoms with Gasteiger partial charge < -0.3 is 10.6 Å². The third-order valence-electron chi connectivity index (χ3n) is 4.81. The number of nitrogens with one attached hydrogen (secondary N) is 2. The first-order valence-corrected chi connectivity index (χ1v) is 13.5. The summed E-state index contributed by atoms with van der Waals surface area (Å²) < 4.78 is 38.8. The molecule has 160 valence electrons. The van der Waals surface area contributed by atoms with Crippen molar-refractivity contribution in [3.8, 4) is 0 Å². The Bertz CT molecular complexity index is 750. The molecule has 2 rings (SSSR count). The Balaban J connectivity index is 1.92. The molecule has 0 amide bonds. The van der Waals surface area contributed by atoms with Gasteiger partial charge in [-0.15, -0.1) is 11.3 Å². The average molecular weight is 449 g/mol. The highest BCUT2D eigenvalue weighted by molar-refractivity contribution is 7.91. The van der Waals surface area contributed by atoms with E-state index in [1.165, 1.54) is 15.6 Å². The Kier molecular flexibility index (Phi) is 9.39. The first-order chi connectivity index (χ1) is 13.4. The van der Waals surface area contributed by atoms with Crippen molar-refractivity contribution in [3.63, 3.8) is 0 Å². The molecule has 7 nitrogen and oxygen atoms in total. The van der Waals surface area contributed by atoms with E-state index < -0.39 is 20.8 Å². The number of rotatable bonds is 9. The van der Waals surface area contributed by atoms with Crippen molar-refractivity contribution in [2.24, 2.45) is 4.99 Å². The SMILES string of the molecule is CCNC(=NCCN(C)S(=O)(=O)c1cccs1)NC1CCCC(S(=O)CC)C1. The van der Waals surface area contributed by atoms with Crippen molar-refractivity contribution in [1.82, 2.24) is 14.9 Å². The van der Waals surface area contributed by atoms with E-state index in [-0.39, 0.29) is 11.3 Å². The Hall–Kier alpha value is -0.970. The predicted molar refractivity (Wildman–Crippen MR) is 118 cm³/mol. The lowest BCUT2D eigenvalue weighted by molar-refractivity contribution is 0.413. The lowest BCUT2D eigenvalue weighted by Gasteiger charge is -2.30. The Morgan fingerprint density at radius 3 is 2.82 bits per heavy atom. The van der Waals surface area contributed by atoms with Crippen LogP contribution in [0.25, 0.3) is 0 Å². The zero-order valence-electron chi connectivity index (χ0n) is 16.9. The predicted octanol–water partition coefficient (Wildman–Crippen LogP) is 2.00. The van der Waals surface area contributed by atoms with Gasteiger partial charge in [0.25, 0.3) is 10.0 Å². The molecule has 0 spiro atoms. The van der Waals surface area contributed by atoms with Crippen LogP contribution in [-0.2, 0) is 20.8 Å². The molecule has 1 fully saturated rings. The van der Waals surface area contributed by atoms with Crippen LogP contribution < -0.4 is 10.6 Å². The number of nitrogens with zero attached hydrogens (tertiary/aromatic N) is 2. The van der Waals surface area contributed by atoms with Crippen LogP contribution in [0.3, 0.4) is 0 Å². The van der Waals surface area contributed by atoms with Gasteiger partial charge in [-0.1, -0.05) is 19.4 Å². The van der Waals surface area contributed by atoms with Gasteiger partial charge in [-0.2, -0.15) is 4.31 Å². The molecule has 1 saturated carbocycles. The highest BCUT2D eigenvalue weighted by Gasteiger charge is 2.26. The van der Waals surface area contributed by atoms with Crippen LogP contribution in [0.2, 0.25) is 0 Å². The van der Waals surface area contributed by atoms with Crippen LogP contribution in [0.15, 0.2) is 26.7 Å². The molecule has 28 heavy (non-hydrogen) atoms. The van der Waals surface area contributed by atoms with E-state index in [0.29, 0.717) is 29.0 Å². The van der Waals surface area contributed by atoms with Gasteiger partial charge in [0, 0.05) is 48.0 Å². The summed E-state index contributed by atoms with van der Waals surface area (Å²) in [6.45, 7) is 5.38. The molecule has 1 heterocycles. The van der Waals surface area contributed by atoms with Crippen LogP contribution in [0.1, 0.15) is 39.5 Å². The fraction of sp³-hybridized carbons (Fsp3) is 0.722. The maximum absolute atomic E-state index is 12.5. The molecular formula is C18H32N4O3S3. The zero-order chi connectivity index (χ0) is 20.6. The molecule has 10 heteroatoms. The molecule has 0 bridgehead atoms. The Morgan fingerprint density at radius 2 is 2.18 bits per heavy atom. The normalized spacial score (nSPS) is 22.2. The molecule has 1 aliphatic rings. The van der Waals surface area contributed by atoms with Crippen molar-refractivity contribution in [1.29, 1.82) is 0 Å². The van der Waals surface area contributed by atoms with E-state index in [2.05, 4.69) is 15.6 Å². The van der Waals surface area contributed by atoms with Crippen molar-refractivity contribution in [2.75, 3.05) is 32.4 Å². The summed E-state index contributed by atoms with van der Waals surface area (Å²) in [5, 5.41) is 8.68. The molecule has 3 atom stereocenters. The highest BCUT2D eigenvalue weighted by Crippen LogP contribution is 2.23. The Labute approximate surface area is 175 Å². The summed E-state index contributed by atoms with van der Waals surface area (Å²) in [7, 11) is -2.63. The van der Waals surface area contributed by atoms with E-state index >= 15 is 0 Å². The number of likely N-dealkylation sites (N-methyl/N-ethyl adjacent to an activating group) is 1. The third kappa shape index (κ3) is 6.53. The topological polar surface area (TPSA) is 90.9 Å². The average Bonchev–Trinajstić information content (AvgIpc) is 3.23. The minimum atomic E-state index is -3.44. The van der Waals surface area contributed by atoms with Crippen molar-refractivity contribution < 1.29 is 12.6 Å². The number of aliphatic imine (C=N–C) groups is 1. The second kappa shape index (κ2) is 11.3. The monoisotopic (exact) mass is 448 g/mol. The summed E-state index contributed by atoms with van der Waals surface area (Å²) in [5.74, 6) is 1.40. The van der Waals surface area contributed by atoms with Crippen LogP contribution in [0.4, 0.5) is 0 Å². The second-order valence-electron chi connectivity index (χ2n) is 6.82. The molecule has 0 saturated heterocycles. The van der Waals surface area contributed by atoms with Gasteiger partial charge >= 0.3 is 0 Å². The van der Waals surface area contributed by atoms with E-state index in [0.717, 1.165) is 32.2 Å². The van der Waals surface area contributed by atoms with Gasteiger partial charge in [0.1, 0.15) is 4.21 Å². The van der Waals surface area contributed by atoms with E-state index in [4.69, 9.17) is 0 Å². The lowest BCUT2D eigenvalue weighted by Crippen LogP contribution is -2.47. The van der Waals surface area contributed by atoms with E-state index in [1.807, 2.05) is 13.8 Å². The summed E-state index contributed by atoms with van der Waals surface area (Å²) in [6.07, 6.45) is 4.01. The molecule has 2 N–H and O–H groups in total. The van der Waals surface area contributed by atoms with Gasteiger partial charge in [0.15, 0.2) is 5.96 Å². The molecule has 1 aromatic rings. The Morgan fingerprint density at radius 1 is 1.39 bits per heavy atom. The number of hydrogen-bond acceptors (Lipinski definition) is 5. The maximum Gasteiger partial charge on any atom is 0.252 e.